The third kappa shape index (κ3) is 1.63. The molecular weight excluding hydrogens is 252 g/mol. The minimum Gasteiger partial charge on any atom is -0.446 e. The summed E-state index contributed by atoms with van der Waals surface area (Å²) in [6.07, 6.45) is 2.89. The standard InChI is InChI=1S/C11H10N4O2S/c1-6-8(17-5-13-6)3-15-4-12-10-9(11(15)16)7(2)14-18-10/h4-5H,3H2,1-2H3. The predicted molar refractivity (Wildman–Crippen MR) is 66.8 cm³/mol. The smallest absolute Gasteiger partial charge is 0.264 e. The Morgan fingerprint density at radius 3 is 2.89 bits per heavy atom. The number of hydrogen-bond donors (Lipinski definition) is 0. The zero-order valence-corrected chi connectivity index (χ0v) is 10.7. The van der Waals surface area contributed by atoms with Gasteiger partial charge in [0, 0.05) is 0 Å². The van der Waals surface area contributed by atoms with Crippen LogP contribution in [0.25, 0.3) is 10.2 Å². The van der Waals surface area contributed by atoms with Crippen molar-refractivity contribution in [3.8, 4) is 0 Å². The molecule has 0 radical (unpaired) electrons. The van der Waals surface area contributed by atoms with E-state index in [-0.39, 0.29) is 5.56 Å². The van der Waals surface area contributed by atoms with Crippen LogP contribution in [0, 0.1) is 13.8 Å². The van der Waals surface area contributed by atoms with Gasteiger partial charge in [-0.2, -0.15) is 4.37 Å². The van der Waals surface area contributed by atoms with Crippen LogP contribution in [0.15, 0.2) is 21.9 Å². The molecule has 0 saturated heterocycles. The van der Waals surface area contributed by atoms with Gasteiger partial charge in [0.15, 0.2) is 11.2 Å². The number of hydrogen-bond acceptors (Lipinski definition) is 6. The summed E-state index contributed by atoms with van der Waals surface area (Å²) in [7, 11) is 0. The number of aromatic nitrogens is 4. The summed E-state index contributed by atoms with van der Waals surface area (Å²) >= 11 is 1.24. The highest BCUT2D eigenvalue weighted by Gasteiger charge is 2.12. The monoisotopic (exact) mass is 262 g/mol. The van der Waals surface area contributed by atoms with E-state index in [9.17, 15) is 4.79 Å². The summed E-state index contributed by atoms with van der Waals surface area (Å²) in [5.74, 6) is 0.666. The van der Waals surface area contributed by atoms with E-state index in [4.69, 9.17) is 4.42 Å². The molecule has 3 heterocycles. The maximum absolute atomic E-state index is 12.3. The summed E-state index contributed by atoms with van der Waals surface area (Å²) in [4.78, 5) is 21.2. The van der Waals surface area contributed by atoms with Gasteiger partial charge in [-0.1, -0.05) is 0 Å². The first kappa shape index (κ1) is 11.1. The maximum Gasteiger partial charge on any atom is 0.264 e. The molecule has 0 aliphatic heterocycles. The van der Waals surface area contributed by atoms with E-state index in [1.807, 2.05) is 13.8 Å². The Bertz CT molecular complexity index is 771. The van der Waals surface area contributed by atoms with Crippen molar-refractivity contribution in [1.82, 2.24) is 18.9 Å². The molecule has 0 bridgehead atoms. The highest BCUT2D eigenvalue weighted by molar-refractivity contribution is 7.12. The van der Waals surface area contributed by atoms with Crippen molar-refractivity contribution in [2.75, 3.05) is 0 Å². The molecule has 0 saturated carbocycles. The summed E-state index contributed by atoms with van der Waals surface area (Å²) in [5.41, 5.74) is 1.40. The van der Waals surface area contributed by atoms with Gasteiger partial charge < -0.3 is 4.42 Å². The van der Waals surface area contributed by atoms with Crippen molar-refractivity contribution in [3.63, 3.8) is 0 Å². The van der Waals surface area contributed by atoms with Crippen LogP contribution >= 0.6 is 11.5 Å². The van der Waals surface area contributed by atoms with Gasteiger partial charge in [0.1, 0.15) is 5.76 Å². The number of rotatable bonds is 2. The Hall–Kier alpha value is -2.02. The minimum atomic E-state index is -0.0953. The maximum atomic E-state index is 12.3. The molecule has 6 nitrogen and oxygen atoms in total. The van der Waals surface area contributed by atoms with Crippen LogP contribution in [0.3, 0.4) is 0 Å². The van der Waals surface area contributed by atoms with Gasteiger partial charge in [0.2, 0.25) is 0 Å². The van der Waals surface area contributed by atoms with Crippen LogP contribution in [0.5, 0.6) is 0 Å². The topological polar surface area (TPSA) is 73.8 Å². The van der Waals surface area contributed by atoms with E-state index in [1.165, 1.54) is 28.8 Å². The van der Waals surface area contributed by atoms with Crippen molar-refractivity contribution in [1.29, 1.82) is 0 Å². The molecule has 0 N–H and O–H groups in total. The zero-order chi connectivity index (χ0) is 12.7. The summed E-state index contributed by atoms with van der Waals surface area (Å²) in [6.45, 7) is 3.99. The van der Waals surface area contributed by atoms with E-state index in [1.54, 1.807) is 0 Å². The molecule has 0 spiro atoms. The van der Waals surface area contributed by atoms with Gasteiger partial charge in [-0.25, -0.2) is 9.97 Å². The molecule has 0 aliphatic rings. The van der Waals surface area contributed by atoms with Crippen LogP contribution in [0.4, 0.5) is 0 Å². The molecule has 18 heavy (non-hydrogen) atoms. The molecular formula is C11H10N4O2S. The van der Waals surface area contributed by atoms with Crippen LogP contribution in [0.2, 0.25) is 0 Å². The minimum absolute atomic E-state index is 0.0953. The number of oxazole rings is 1. The van der Waals surface area contributed by atoms with Crippen molar-refractivity contribution < 1.29 is 4.42 Å². The van der Waals surface area contributed by atoms with E-state index in [0.717, 1.165) is 11.4 Å². The molecule has 3 rings (SSSR count). The molecule has 7 heteroatoms. The van der Waals surface area contributed by atoms with Gasteiger partial charge in [-0.3, -0.25) is 9.36 Å². The first-order chi connectivity index (χ1) is 8.66. The predicted octanol–water partition coefficient (Wildman–Crippen LogP) is 1.51. The molecule has 3 aromatic heterocycles. The molecule has 0 aromatic carbocycles. The van der Waals surface area contributed by atoms with E-state index in [2.05, 4.69) is 14.3 Å². The summed E-state index contributed by atoms with van der Waals surface area (Å²) < 4.78 is 10.9. The summed E-state index contributed by atoms with van der Waals surface area (Å²) in [6, 6.07) is 0. The Balaban J connectivity index is 2.13. The van der Waals surface area contributed by atoms with Crippen molar-refractivity contribution in [2.45, 2.75) is 20.4 Å². The Morgan fingerprint density at radius 2 is 2.17 bits per heavy atom. The Morgan fingerprint density at radius 1 is 1.33 bits per heavy atom. The molecule has 92 valence electrons. The largest absolute Gasteiger partial charge is 0.446 e. The lowest BCUT2D eigenvalue weighted by atomic mass is 10.3. The van der Waals surface area contributed by atoms with Crippen LogP contribution < -0.4 is 5.56 Å². The second-order valence-corrected chi connectivity index (χ2v) is 4.74. The lowest BCUT2D eigenvalue weighted by molar-refractivity contribution is 0.482. The highest BCUT2D eigenvalue weighted by Crippen LogP contribution is 2.15. The van der Waals surface area contributed by atoms with E-state index in [0.29, 0.717) is 22.5 Å². The Kier molecular flexibility index (Phi) is 2.48. The van der Waals surface area contributed by atoms with Crippen molar-refractivity contribution >= 4 is 21.7 Å². The first-order valence-corrected chi connectivity index (χ1v) is 6.14. The molecule has 0 aliphatic carbocycles. The second kappa shape index (κ2) is 4.02. The first-order valence-electron chi connectivity index (χ1n) is 5.37. The van der Waals surface area contributed by atoms with Gasteiger partial charge in [0.05, 0.1) is 29.6 Å². The molecule has 0 fully saturated rings. The fourth-order valence-corrected chi connectivity index (χ4v) is 2.49. The van der Waals surface area contributed by atoms with Gasteiger partial charge in [0.25, 0.3) is 5.56 Å². The number of nitrogens with zero attached hydrogens (tertiary/aromatic N) is 4. The van der Waals surface area contributed by atoms with Crippen LogP contribution in [0.1, 0.15) is 17.1 Å². The molecule has 3 aromatic rings. The third-order valence-corrected chi connectivity index (χ3v) is 3.64. The normalized spacial score (nSPS) is 11.2. The highest BCUT2D eigenvalue weighted by atomic mass is 32.1. The third-order valence-electron chi connectivity index (χ3n) is 2.79. The van der Waals surface area contributed by atoms with Crippen LogP contribution in [-0.4, -0.2) is 18.9 Å². The average Bonchev–Trinajstić information content (AvgIpc) is 2.91. The molecule has 0 amide bonds. The summed E-state index contributed by atoms with van der Waals surface area (Å²) in [5, 5.41) is 0.583. The molecule has 0 unspecified atom stereocenters. The zero-order valence-electron chi connectivity index (χ0n) is 9.88. The lowest BCUT2D eigenvalue weighted by Crippen LogP contribution is -2.21. The second-order valence-electron chi connectivity index (χ2n) is 3.99. The van der Waals surface area contributed by atoms with E-state index < -0.39 is 0 Å². The fraction of sp³-hybridized carbons (Fsp3) is 0.273. The quantitative estimate of drug-likeness (QED) is 0.699. The number of aryl methyl sites for hydroxylation is 2. The van der Waals surface area contributed by atoms with Gasteiger partial charge in [-0.15, -0.1) is 0 Å². The van der Waals surface area contributed by atoms with Gasteiger partial charge >= 0.3 is 0 Å². The number of fused-ring (bicyclic) bond motifs is 1. The van der Waals surface area contributed by atoms with Crippen molar-refractivity contribution in [2.24, 2.45) is 0 Å². The Labute approximate surface area is 106 Å². The fourth-order valence-electron chi connectivity index (χ4n) is 1.76. The van der Waals surface area contributed by atoms with Crippen molar-refractivity contribution in [3.05, 3.63) is 40.2 Å². The van der Waals surface area contributed by atoms with Crippen LogP contribution in [-0.2, 0) is 6.54 Å². The molecule has 0 atom stereocenters. The van der Waals surface area contributed by atoms with E-state index >= 15 is 0 Å². The average molecular weight is 262 g/mol. The van der Waals surface area contributed by atoms with Gasteiger partial charge in [-0.05, 0) is 25.4 Å². The SMILES string of the molecule is Cc1ncoc1Cn1cnc2snc(C)c2c1=O. The lowest BCUT2D eigenvalue weighted by Gasteiger charge is -2.02.